The van der Waals surface area contributed by atoms with Gasteiger partial charge < -0.3 is 19.5 Å². The van der Waals surface area contributed by atoms with Crippen LogP contribution in [0.15, 0.2) is 18.3 Å². The number of carbonyl (C=O) groups excluding carboxylic acids is 2. The lowest BCUT2D eigenvalue weighted by Gasteiger charge is -2.36. The molecular formula is C18H29N3O3. The molecule has 1 fully saturated rings. The largest absolute Gasteiger partial charge is 0.469 e. The van der Waals surface area contributed by atoms with Crippen molar-refractivity contribution in [1.82, 2.24) is 14.8 Å². The second-order valence-corrected chi connectivity index (χ2v) is 6.84. The van der Waals surface area contributed by atoms with Crippen molar-refractivity contribution in [3.05, 3.63) is 24.0 Å². The molecule has 3 atom stereocenters. The highest BCUT2D eigenvalue weighted by atomic mass is 16.5. The van der Waals surface area contributed by atoms with Gasteiger partial charge in [0.05, 0.1) is 13.0 Å². The van der Waals surface area contributed by atoms with Gasteiger partial charge in [-0.2, -0.15) is 0 Å². The molecule has 24 heavy (non-hydrogen) atoms. The fourth-order valence-electron chi connectivity index (χ4n) is 3.33. The van der Waals surface area contributed by atoms with Crippen LogP contribution in [0, 0.1) is 11.8 Å². The second-order valence-electron chi connectivity index (χ2n) is 6.84. The molecular weight excluding hydrogens is 306 g/mol. The van der Waals surface area contributed by atoms with Crippen molar-refractivity contribution in [3.63, 3.8) is 0 Å². The van der Waals surface area contributed by atoms with Crippen molar-refractivity contribution in [3.8, 4) is 0 Å². The predicted molar refractivity (Wildman–Crippen MR) is 92.6 cm³/mol. The van der Waals surface area contributed by atoms with Gasteiger partial charge in [-0.25, -0.2) is 4.79 Å². The number of urea groups is 1. The highest BCUT2D eigenvalue weighted by Crippen LogP contribution is 2.24. The second kappa shape index (κ2) is 8.22. The zero-order valence-corrected chi connectivity index (χ0v) is 15.1. The minimum Gasteiger partial charge on any atom is -0.469 e. The van der Waals surface area contributed by atoms with Crippen molar-refractivity contribution in [2.75, 3.05) is 20.2 Å². The third-order valence-electron chi connectivity index (χ3n) is 4.95. The van der Waals surface area contributed by atoms with Gasteiger partial charge in [0.2, 0.25) is 0 Å². The molecule has 6 nitrogen and oxygen atoms in total. The number of nitrogens with one attached hydrogen (secondary N) is 1. The van der Waals surface area contributed by atoms with Crippen molar-refractivity contribution < 1.29 is 14.3 Å². The van der Waals surface area contributed by atoms with Gasteiger partial charge in [-0.1, -0.05) is 6.92 Å². The lowest BCUT2D eigenvalue weighted by atomic mass is 9.87. The Morgan fingerprint density at radius 2 is 2.21 bits per heavy atom. The standard InChI is InChI=1S/C18H29N3O3/c1-13-12-21(11-9-16(13)17(22)24-4)18(23)19-14(2)7-8-15-6-5-10-20(15)3/h5-6,10,13-14,16H,7-9,11-12H2,1-4H3,(H,19,23)/t13-,14-,16+/m0/s1. The van der Waals surface area contributed by atoms with Crippen LogP contribution < -0.4 is 5.32 Å². The van der Waals surface area contributed by atoms with Gasteiger partial charge in [-0.15, -0.1) is 0 Å². The summed E-state index contributed by atoms with van der Waals surface area (Å²) in [7, 11) is 3.45. The maximum absolute atomic E-state index is 12.4. The topological polar surface area (TPSA) is 63.6 Å². The zero-order chi connectivity index (χ0) is 17.7. The molecule has 0 unspecified atom stereocenters. The Bertz CT molecular complexity index is 570. The average Bonchev–Trinajstić information content (AvgIpc) is 2.97. The molecule has 134 valence electrons. The van der Waals surface area contributed by atoms with Crippen LogP contribution in [0.25, 0.3) is 0 Å². The number of aromatic nitrogens is 1. The number of rotatable bonds is 5. The SMILES string of the molecule is COC(=O)[C@@H]1CCN(C(=O)N[C@@H](C)CCc2cccn2C)C[C@@H]1C. The molecule has 0 aliphatic carbocycles. The third-order valence-corrected chi connectivity index (χ3v) is 4.95. The number of esters is 1. The molecule has 2 amide bonds. The van der Waals surface area contributed by atoms with E-state index in [0.29, 0.717) is 19.5 Å². The number of methoxy groups -OCH3 is 1. The molecule has 1 aromatic heterocycles. The molecule has 1 aliphatic rings. The average molecular weight is 335 g/mol. The first-order valence-corrected chi connectivity index (χ1v) is 8.65. The maximum atomic E-state index is 12.4. The van der Waals surface area contributed by atoms with E-state index in [1.807, 2.05) is 38.1 Å². The van der Waals surface area contributed by atoms with E-state index in [0.717, 1.165) is 12.8 Å². The summed E-state index contributed by atoms with van der Waals surface area (Å²) in [5.74, 6) is -0.150. The number of ether oxygens (including phenoxy) is 1. The fourth-order valence-corrected chi connectivity index (χ4v) is 3.33. The number of aryl methyl sites for hydroxylation is 2. The summed E-state index contributed by atoms with van der Waals surface area (Å²) in [4.78, 5) is 25.9. The van der Waals surface area contributed by atoms with Crippen molar-refractivity contribution in [2.24, 2.45) is 18.9 Å². The van der Waals surface area contributed by atoms with Crippen LogP contribution in [0.5, 0.6) is 0 Å². The van der Waals surface area contributed by atoms with E-state index in [-0.39, 0.29) is 29.9 Å². The van der Waals surface area contributed by atoms with Crippen LogP contribution >= 0.6 is 0 Å². The Morgan fingerprint density at radius 3 is 2.79 bits per heavy atom. The molecule has 0 spiro atoms. The predicted octanol–water partition coefficient (Wildman–Crippen LogP) is 2.19. The lowest BCUT2D eigenvalue weighted by Crippen LogP contribution is -2.50. The number of likely N-dealkylation sites (tertiary alicyclic amines) is 1. The number of carbonyl (C=O) groups is 2. The summed E-state index contributed by atoms with van der Waals surface area (Å²) in [6.45, 7) is 5.22. The van der Waals surface area contributed by atoms with E-state index in [1.165, 1.54) is 12.8 Å². The summed E-state index contributed by atoms with van der Waals surface area (Å²) in [6, 6.07) is 4.21. The first kappa shape index (κ1) is 18.4. The number of piperidine rings is 1. The van der Waals surface area contributed by atoms with Gasteiger partial charge in [0.25, 0.3) is 0 Å². The smallest absolute Gasteiger partial charge is 0.317 e. The third kappa shape index (κ3) is 4.52. The molecule has 6 heteroatoms. The Kier molecular flexibility index (Phi) is 6.29. The van der Waals surface area contributed by atoms with Crippen LogP contribution in [0.2, 0.25) is 0 Å². The highest BCUT2D eigenvalue weighted by Gasteiger charge is 2.33. The quantitative estimate of drug-likeness (QED) is 0.839. The van der Waals surface area contributed by atoms with Gasteiger partial charge in [-0.05, 0) is 44.2 Å². The number of nitrogens with zero attached hydrogens (tertiary/aromatic N) is 2. The van der Waals surface area contributed by atoms with E-state index in [2.05, 4.69) is 16.0 Å². The Hall–Kier alpha value is -1.98. The monoisotopic (exact) mass is 335 g/mol. The molecule has 2 heterocycles. The summed E-state index contributed by atoms with van der Waals surface area (Å²) < 4.78 is 6.94. The summed E-state index contributed by atoms with van der Waals surface area (Å²) in [6.07, 6.45) is 4.54. The van der Waals surface area contributed by atoms with E-state index in [4.69, 9.17) is 4.74 Å². The molecule has 1 N–H and O–H groups in total. The molecule has 0 bridgehead atoms. The molecule has 2 rings (SSSR count). The number of hydrogen-bond acceptors (Lipinski definition) is 3. The van der Waals surface area contributed by atoms with Gasteiger partial charge in [0.15, 0.2) is 0 Å². The Morgan fingerprint density at radius 1 is 1.46 bits per heavy atom. The van der Waals surface area contributed by atoms with Crippen LogP contribution in [0.4, 0.5) is 4.79 Å². The van der Waals surface area contributed by atoms with E-state index >= 15 is 0 Å². The molecule has 0 saturated carbocycles. The maximum Gasteiger partial charge on any atom is 0.317 e. The van der Waals surface area contributed by atoms with Crippen LogP contribution in [0.3, 0.4) is 0 Å². The summed E-state index contributed by atoms with van der Waals surface area (Å²) in [5.41, 5.74) is 1.27. The molecule has 1 aromatic rings. The minimum absolute atomic E-state index is 0.0375. The minimum atomic E-state index is -0.168. The van der Waals surface area contributed by atoms with Crippen LogP contribution in [-0.2, 0) is 23.0 Å². The van der Waals surface area contributed by atoms with Crippen LogP contribution in [-0.4, -0.2) is 47.7 Å². The number of hydrogen-bond donors (Lipinski definition) is 1. The normalized spacial score (nSPS) is 22.1. The summed E-state index contributed by atoms with van der Waals surface area (Å²) >= 11 is 0. The van der Waals surface area contributed by atoms with Crippen molar-refractivity contribution in [1.29, 1.82) is 0 Å². The van der Waals surface area contributed by atoms with E-state index < -0.39 is 0 Å². The fraction of sp³-hybridized carbons (Fsp3) is 0.667. The Balaban J connectivity index is 1.78. The van der Waals surface area contributed by atoms with Crippen molar-refractivity contribution >= 4 is 12.0 Å². The van der Waals surface area contributed by atoms with Gasteiger partial charge >= 0.3 is 12.0 Å². The van der Waals surface area contributed by atoms with Crippen molar-refractivity contribution in [2.45, 2.75) is 39.2 Å². The van der Waals surface area contributed by atoms with E-state index in [9.17, 15) is 9.59 Å². The first-order chi connectivity index (χ1) is 11.4. The molecule has 1 aliphatic heterocycles. The lowest BCUT2D eigenvalue weighted by molar-refractivity contribution is -0.148. The van der Waals surface area contributed by atoms with Gasteiger partial charge in [0.1, 0.15) is 0 Å². The molecule has 0 aromatic carbocycles. The summed E-state index contributed by atoms with van der Waals surface area (Å²) in [5, 5.41) is 3.07. The molecule has 0 radical (unpaired) electrons. The Labute approximate surface area is 144 Å². The number of amides is 2. The van der Waals surface area contributed by atoms with Crippen LogP contribution in [0.1, 0.15) is 32.4 Å². The van der Waals surface area contributed by atoms with E-state index in [1.54, 1.807) is 0 Å². The zero-order valence-electron chi connectivity index (χ0n) is 15.1. The first-order valence-electron chi connectivity index (χ1n) is 8.65. The highest BCUT2D eigenvalue weighted by molar-refractivity contribution is 5.76. The molecule has 1 saturated heterocycles. The van der Waals surface area contributed by atoms with Gasteiger partial charge in [-0.3, -0.25) is 4.79 Å². The van der Waals surface area contributed by atoms with Gasteiger partial charge in [0, 0.05) is 38.1 Å².